The molecule has 1 N–H and O–H groups in total. The third-order valence-corrected chi connectivity index (χ3v) is 4.73. The van der Waals surface area contributed by atoms with Crippen LogP contribution in [0.15, 0.2) is 59.4 Å². The van der Waals surface area contributed by atoms with Gasteiger partial charge in [0.15, 0.2) is 0 Å². The van der Waals surface area contributed by atoms with Gasteiger partial charge in [0.2, 0.25) is 0 Å². The van der Waals surface area contributed by atoms with Crippen LogP contribution >= 0.6 is 0 Å². The zero-order valence-electron chi connectivity index (χ0n) is 14.3. The highest BCUT2D eigenvalue weighted by Crippen LogP contribution is 2.20. The zero-order chi connectivity index (χ0) is 17.2. The molecule has 2 heterocycles. The van der Waals surface area contributed by atoms with Crippen molar-refractivity contribution in [2.45, 2.75) is 26.4 Å². The van der Waals surface area contributed by atoms with Crippen LogP contribution in [0.5, 0.6) is 0 Å². The summed E-state index contributed by atoms with van der Waals surface area (Å²) in [5.74, 6) is 0.658. The molecule has 0 fully saturated rings. The van der Waals surface area contributed by atoms with Crippen molar-refractivity contribution < 1.29 is 0 Å². The van der Waals surface area contributed by atoms with E-state index in [1.54, 1.807) is 0 Å². The van der Waals surface area contributed by atoms with Crippen LogP contribution in [-0.4, -0.2) is 21.4 Å². The number of aromatic amines is 1. The number of hydrogen-bond donors (Lipinski definition) is 1. The third-order valence-electron chi connectivity index (χ3n) is 4.73. The van der Waals surface area contributed by atoms with Gasteiger partial charge >= 0.3 is 0 Å². The maximum atomic E-state index is 12.5. The Kier molecular flexibility index (Phi) is 4.20. The summed E-state index contributed by atoms with van der Waals surface area (Å²) in [6.07, 6.45) is 0.749. The normalized spacial score (nSPS) is 14.3. The molecule has 4 heteroatoms. The fourth-order valence-electron chi connectivity index (χ4n) is 3.32. The number of aromatic nitrogens is 2. The largest absolute Gasteiger partial charge is 0.306 e. The van der Waals surface area contributed by atoms with E-state index in [9.17, 15) is 4.79 Å². The number of rotatable bonds is 3. The zero-order valence-corrected chi connectivity index (χ0v) is 14.3. The molecule has 126 valence electrons. The first kappa shape index (κ1) is 15.8. The van der Waals surface area contributed by atoms with Gasteiger partial charge in [-0.3, -0.25) is 9.69 Å². The van der Waals surface area contributed by atoms with E-state index in [1.165, 1.54) is 11.1 Å². The maximum Gasteiger partial charge on any atom is 0.254 e. The van der Waals surface area contributed by atoms with Crippen LogP contribution in [0, 0.1) is 6.92 Å². The van der Waals surface area contributed by atoms with E-state index < -0.39 is 0 Å². The van der Waals surface area contributed by atoms with Crippen molar-refractivity contribution in [2.24, 2.45) is 0 Å². The number of nitrogens with zero attached hydrogens (tertiary/aromatic N) is 2. The molecule has 1 aliphatic heterocycles. The number of H-pyrrole nitrogens is 1. The first-order valence-corrected chi connectivity index (χ1v) is 8.64. The molecule has 0 radical (unpaired) electrons. The van der Waals surface area contributed by atoms with Crippen LogP contribution in [0.4, 0.5) is 0 Å². The highest BCUT2D eigenvalue weighted by atomic mass is 16.1. The van der Waals surface area contributed by atoms with E-state index in [-0.39, 0.29) is 5.56 Å². The Morgan fingerprint density at radius 1 is 1.08 bits per heavy atom. The molecule has 0 atom stereocenters. The summed E-state index contributed by atoms with van der Waals surface area (Å²) in [6.45, 7) is 4.53. The van der Waals surface area contributed by atoms with Gasteiger partial charge in [-0.1, -0.05) is 60.2 Å². The summed E-state index contributed by atoms with van der Waals surface area (Å²) in [5, 5.41) is 0. The second kappa shape index (κ2) is 6.65. The first-order chi connectivity index (χ1) is 12.2. The second-order valence-corrected chi connectivity index (χ2v) is 6.65. The van der Waals surface area contributed by atoms with Gasteiger partial charge in [0, 0.05) is 30.8 Å². The van der Waals surface area contributed by atoms with E-state index >= 15 is 0 Å². The van der Waals surface area contributed by atoms with Crippen LogP contribution in [0.2, 0.25) is 0 Å². The standard InChI is InChI=1S/C21H21N3O/c1-15-7-9-17(10-8-15)20-22-19-14-24(12-11-18(19)21(25)23-20)13-16-5-3-2-4-6-16/h2-10H,11-14H2,1H3,(H,22,23,25). The molecule has 1 aromatic heterocycles. The molecule has 4 nitrogen and oxygen atoms in total. The molecule has 4 rings (SSSR count). The van der Waals surface area contributed by atoms with Gasteiger partial charge in [-0.15, -0.1) is 0 Å². The Hall–Kier alpha value is -2.72. The summed E-state index contributed by atoms with van der Waals surface area (Å²) < 4.78 is 0. The van der Waals surface area contributed by atoms with Crippen LogP contribution in [0.1, 0.15) is 22.4 Å². The first-order valence-electron chi connectivity index (χ1n) is 8.64. The SMILES string of the molecule is Cc1ccc(-c2nc3c(c(=O)[nH]2)CCN(Cc2ccccc2)C3)cc1. The molecule has 0 bridgehead atoms. The molecule has 0 saturated heterocycles. The van der Waals surface area contributed by atoms with Gasteiger partial charge in [-0.25, -0.2) is 4.98 Å². The summed E-state index contributed by atoms with van der Waals surface area (Å²) in [4.78, 5) is 22.5. The highest BCUT2D eigenvalue weighted by Gasteiger charge is 2.21. The lowest BCUT2D eigenvalue weighted by molar-refractivity contribution is 0.240. The molecular formula is C21H21N3O. The minimum atomic E-state index is -0.0000592. The Morgan fingerprint density at radius 3 is 2.60 bits per heavy atom. The van der Waals surface area contributed by atoms with Crippen molar-refractivity contribution in [3.63, 3.8) is 0 Å². The maximum absolute atomic E-state index is 12.5. The fourth-order valence-corrected chi connectivity index (χ4v) is 3.32. The van der Waals surface area contributed by atoms with Crippen LogP contribution in [0.25, 0.3) is 11.4 Å². The molecule has 0 amide bonds. The molecule has 25 heavy (non-hydrogen) atoms. The highest BCUT2D eigenvalue weighted by molar-refractivity contribution is 5.55. The number of aryl methyl sites for hydroxylation is 1. The minimum absolute atomic E-state index is 0.0000592. The van der Waals surface area contributed by atoms with Gasteiger partial charge in [0.1, 0.15) is 5.82 Å². The Balaban J connectivity index is 1.62. The number of benzene rings is 2. The van der Waals surface area contributed by atoms with Crippen LogP contribution in [0.3, 0.4) is 0 Å². The summed E-state index contributed by atoms with van der Waals surface area (Å²) in [5.41, 5.74) is 5.17. The summed E-state index contributed by atoms with van der Waals surface area (Å²) >= 11 is 0. The number of hydrogen-bond acceptors (Lipinski definition) is 3. The van der Waals surface area contributed by atoms with E-state index in [0.717, 1.165) is 36.3 Å². The number of nitrogens with one attached hydrogen (secondary N) is 1. The molecule has 0 spiro atoms. The molecule has 2 aromatic carbocycles. The Labute approximate surface area is 147 Å². The van der Waals surface area contributed by atoms with Gasteiger partial charge in [-0.05, 0) is 18.9 Å². The smallest absolute Gasteiger partial charge is 0.254 e. The van der Waals surface area contributed by atoms with Crippen molar-refractivity contribution in [3.05, 3.63) is 87.3 Å². The predicted molar refractivity (Wildman–Crippen MR) is 99.3 cm³/mol. The number of fused-ring (bicyclic) bond motifs is 1. The van der Waals surface area contributed by atoms with Crippen LogP contribution < -0.4 is 5.56 Å². The fraction of sp³-hybridized carbons (Fsp3) is 0.238. The van der Waals surface area contributed by atoms with Crippen molar-refractivity contribution >= 4 is 0 Å². The molecule has 3 aromatic rings. The van der Waals surface area contributed by atoms with Gasteiger partial charge in [0.25, 0.3) is 5.56 Å². The lowest BCUT2D eigenvalue weighted by Gasteiger charge is -2.27. The Morgan fingerprint density at radius 2 is 1.84 bits per heavy atom. The summed E-state index contributed by atoms with van der Waals surface area (Å²) in [7, 11) is 0. The van der Waals surface area contributed by atoms with Crippen molar-refractivity contribution in [3.8, 4) is 11.4 Å². The van der Waals surface area contributed by atoms with Crippen molar-refractivity contribution in [2.75, 3.05) is 6.54 Å². The summed E-state index contributed by atoms with van der Waals surface area (Å²) in [6, 6.07) is 18.5. The van der Waals surface area contributed by atoms with E-state index in [1.807, 2.05) is 37.3 Å². The monoisotopic (exact) mass is 331 g/mol. The minimum Gasteiger partial charge on any atom is -0.306 e. The molecule has 0 saturated carbocycles. The average Bonchev–Trinajstić information content (AvgIpc) is 2.63. The second-order valence-electron chi connectivity index (χ2n) is 6.65. The quantitative estimate of drug-likeness (QED) is 0.801. The lowest BCUT2D eigenvalue weighted by atomic mass is 10.0. The molecule has 0 unspecified atom stereocenters. The van der Waals surface area contributed by atoms with Crippen molar-refractivity contribution in [1.82, 2.24) is 14.9 Å². The molecule has 0 aliphatic carbocycles. The van der Waals surface area contributed by atoms with Gasteiger partial charge in [0.05, 0.1) is 5.69 Å². The Bertz CT molecular complexity index is 930. The topological polar surface area (TPSA) is 49.0 Å². The van der Waals surface area contributed by atoms with E-state index in [4.69, 9.17) is 4.98 Å². The van der Waals surface area contributed by atoms with Gasteiger partial charge < -0.3 is 4.98 Å². The van der Waals surface area contributed by atoms with E-state index in [2.05, 4.69) is 34.1 Å². The molecule has 1 aliphatic rings. The predicted octanol–water partition coefficient (Wildman–Crippen LogP) is 3.30. The van der Waals surface area contributed by atoms with Crippen LogP contribution in [-0.2, 0) is 19.5 Å². The van der Waals surface area contributed by atoms with E-state index in [0.29, 0.717) is 12.4 Å². The van der Waals surface area contributed by atoms with Gasteiger partial charge in [-0.2, -0.15) is 0 Å². The van der Waals surface area contributed by atoms with Crippen molar-refractivity contribution in [1.29, 1.82) is 0 Å². The molecular weight excluding hydrogens is 310 g/mol. The lowest BCUT2D eigenvalue weighted by Crippen LogP contribution is -2.35. The average molecular weight is 331 g/mol. The third kappa shape index (κ3) is 3.39.